The first kappa shape index (κ1) is 12.5. The summed E-state index contributed by atoms with van der Waals surface area (Å²) in [5, 5.41) is 5.32. The Morgan fingerprint density at radius 2 is 2.15 bits per heavy atom. The van der Waals surface area contributed by atoms with Gasteiger partial charge < -0.3 is 21.0 Å². The number of benzene rings is 1. The van der Waals surface area contributed by atoms with Crippen LogP contribution in [0.25, 0.3) is 10.9 Å². The van der Waals surface area contributed by atoms with Crippen LogP contribution in [0.4, 0.5) is 5.69 Å². The second-order valence-corrected chi connectivity index (χ2v) is 5.23. The van der Waals surface area contributed by atoms with E-state index in [1.54, 1.807) is 23.6 Å². The van der Waals surface area contributed by atoms with Crippen LogP contribution in [0.1, 0.15) is 16.2 Å². The first-order valence-corrected chi connectivity index (χ1v) is 6.83. The molecule has 6 nitrogen and oxygen atoms in total. The van der Waals surface area contributed by atoms with Gasteiger partial charge in [-0.05, 0) is 24.3 Å². The number of hydrogen-bond donors (Lipinski definition) is 4. The van der Waals surface area contributed by atoms with Crippen molar-refractivity contribution in [2.24, 2.45) is 0 Å². The summed E-state index contributed by atoms with van der Waals surface area (Å²) < 4.78 is 0. The Labute approximate surface area is 117 Å². The smallest absolute Gasteiger partial charge is 0.304 e. The van der Waals surface area contributed by atoms with Crippen LogP contribution in [0.5, 0.6) is 0 Å². The summed E-state index contributed by atoms with van der Waals surface area (Å²) in [6.45, 7) is 0.287. The Morgan fingerprint density at radius 1 is 1.30 bits per heavy atom. The summed E-state index contributed by atoms with van der Waals surface area (Å²) in [6, 6.07) is 7.16. The molecule has 0 aliphatic carbocycles. The molecular formula is C13H12N4O2S. The van der Waals surface area contributed by atoms with Crippen molar-refractivity contribution in [3.63, 3.8) is 0 Å². The lowest BCUT2D eigenvalue weighted by molar-refractivity contribution is 0.0946. The number of aromatic amines is 2. The highest BCUT2D eigenvalue weighted by Crippen LogP contribution is 2.18. The highest BCUT2D eigenvalue weighted by molar-refractivity contribution is 7.07. The molecule has 5 N–H and O–H groups in total. The Hall–Kier alpha value is -2.54. The fourth-order valence-electron chi connectivity index (χ4n) is 1.94. The molecule has 2 heterocycles. The lowest BCUT2D eigenvalue weighted by Crippen LogP contribution is -2.23. The summed E-state index contributed by atoms with van der Waals surface area (Å²) in [5.74, 6) is -0.230. The number of hydrogen-bond acceptors (Lipinski definition) is 4. The van der Waals surface area contributed by atoms with Crippen LogP contribution < -0.4 is 15.9 Å². The number of carbonyl (C=O) groups is 1. The van der Waals surface area contributed by atoms with Crippen molar-refractivity contribution < 1.29 is 4.79 Å². The molecule has 0 atom stereocenters. The number of amides is 1. The van der Waals surface area contributed by atoms with E-state index < -0.39 is 0 Å². The Balaban J connectivity index is 1.76. The minimum atomic E-state index is -0.230. The summed E-state index contributed by atoms with van der Waals surface area (Å²) in [5.41, 5.74) is 8.36. The SMILES string of the molecule is Nc1ccc2[nH]c(C(=O)NCc3csc(=O)[nH]3)cc2c1. The van der Waals surface area contributed by atoms with E-state index in [2.05, 4.69) is 15.3 Å². The van der Waals surface area contributed by atoms with Gasteiger partial charge in [0.1, 0.15) is 5.69 Å². The number of nitrogens with one attached hydrogen (secondary N) is 3. The van der Waals surface area contributed by atoms with E-state index >= 15 is 0 Å². The van der Waals surface area contributed by atoms with Crippen LogP contribution in [0.2, 0.25) is 0 Å². The molecule has 3 rings (SSSR count). The zero-order chi connectivity index (χ0) is 14.1. The number of fused-ring (bicyclic) bond motifs is 1. The third-order valence-corrected chi connectivity index (χ3v) is 3.62. The molecule has 1 amide bonds. The molecule has 0 bridgehead atoms. The van der Waals surface area contributed by atoms with E-state index in [0.717, 1.165) is 22.2 Å². The van der Waals surface area contributed by atoms with Gasteiger partial charge in [-0.2, -0.15) is 0 Å². The molecule has 0 aliphatic heterocycles. The van der Waals surface area contributed by atoms with Crippen LogP contribution in [0.3, 0.4) is 0 Å². The highest BCUT2D eigenvalue weighted by Gasteiger charge is 2.09. The second kappa shape index (κ2) is 4.86. The molecule has 0 unspecified atom stereocenters. The number of nitrogen functional groups attached to an aromatic ring is 1. The van der Waals surface area contributed by atoms with E-state index in [0.29, 0.717) is 17.1 Å². The van der Waals surface area contributed by atoms with Gasteiger partial charge in [0, 0.05) is 27.7 Å². The Kier molecular flexibility index (Phi) is 3.03. The summed E-state index contributed by atoms with van der Waals surface area (Å²) in [7, 11) is 0. The summed E-state index contributed by atoms with van der Waals surface area (Å²) >= 11 is 1.07. The second-order valence-electron chi connectivity index (χ2n) is 4.39. The quantitative estimate of drug-likeness (QED) is 0.548. The van der Waals surface area contributed by atoms with Gasteiger partial charge in [-0.15, -0.1) is 0 Å². The summed E-state index contributed by atoms with van der Waals surface area (Å²) in [6.07, 6.45) is 0. The van der Waals surface area contributed by atoms with Gasteiger partial charge in [0.05, 0.1) is 6.54 Å². The summed E-state index contributed by atoms with van der Waals surface area (Å²) in [4.78, 5) is 28.5. The van der Waals surface area contributed by atoms with E-state index in [-0.39, 0.29) is 17.3 Å². The van der Waals surface area contributed by atoms with Gasteiger partial charge >= 0.3 is 4.87 Å². The molecule has 20 heavy (non-hydrogen) atoms. The number of aromatic nitrogens is 2. The van der Waals surface area contributed by atoms with Crippen LogP contribution in [0, 0.1) is 0 Å². The molecule has 0 saturated carbocycles. The molecule has 102 valence electrons. The lowest BCUT2D eigenvalue weighted by Gasteiger charge is -2.00. The number of thiazole rings is 1. The first-order chi connectivity index (χ1) is 9.61. The fourth-order valence-corrected chi connectivity index (χ4v) is 2.53. The highest BCUT2D eigenvalue weighted by atomic mass is 32.1. The van der Waals surface area contributed by atoms with Gasteiger partial charge in [0.15, 0.2) is 0 Å². The lowest BCUT2D eigenvalue weighted by atomic mass is 10.2. The maximum atomic E-state index is 12.0. The van der Waals surface area contributed by atoms with E-state index in [4.69, 9.17) is 5.73 Å². The standard InChI is InChI=1S/C13H12N4O2S/c14-8-1-2-10-7(3-8)4-11(17-10)12(18)15-5-9-6-20-13(19)16-9/h1-4,6,17H,5,14H2,(H,15,18)(H,16,19). The first-order valence-electron chi connectivity index (χ1n) is 5.95. The van der Waals surface area contributed by atoms with Crippen molar-refractivity contribution in [2.45, 2.75) is 6.54 Å². The maximum Gasteiger partial charge on any atom is 0.304 e. The molecular weight excluding hydrogens is 276 g/mol. The van der Waals surface area contributed by atoms with Crippen molar-refractivity contribution in [3.05, 3.63) is 50.7 Å². The zero-order valence-corrected chi connectivity index (χ0v) is 11.2. The van der Waals surface area contributed by atoms with Crippen molar-refractivity contribution >= 4 is 33.8 Å². The molecule has 0 saturated heterocycles. The van der Waals surface area contributed by atoms with Gasteiger partial charge in [0.25, 0.3) is 5.91 Å². The van der Waals surface area contributed by atoms with Crippen molar-refractivity contribution in [1.82, 2.24) is 15.3 Å². The average Bonchev–Trinajstić information content (AvgIpc) is 3.01. The molecule has 0 aliphatic rings. The van der Waals surface area contributed by atoms with E-state index in [1.165, 1.54) is 0 Å². The van der Waals surface area contributed by atoms with Crippen LogP contribution in [0.15, 0.2) is 34.4 Å². The van der Waals surface area contributed by atoms with Crippen LogP contribution in [-0.4, -0.2) is 15.9 Å². The molecule has 2 aromatic heterocycles. The van der Waals surface area contributed by atoms with Crippen LogP contribution >= 0.6 is 11.3 Å². The number of carbonyl (C=O) groups excluding carboxylic acids is 1. The van der Waals surface area contributed by atoms with Crippen molar-refractivity contribution in [2.75, 3.05) is 5.73 Å². The molecule has 0 radical (unpaired) electrons. The third kappa shape index (κ3) is 2.43. The largest absolute Gasteiger partial charge is 0.399 e. The van der Waals surface area contributed by atoms with Crippen molar-refractivity contribution in [1.29, 1.82) is 0 Å². The maximum absolute atomic E-state index is 12.0. The van der Waals surface area contributed by atoms with Gasteiger partial charge in [-0.3, -0.25) is 9.59 Å². The number of anilines is 1. The number of nitrogens with two attached hydrogens (primary N) is 1. The normalized spacial score (nSPS) is 10.8. The minimum absolute atomic E-state index is 0.129. The minimum Gasteiger partial charge on any atom is -0.399 e. The predicted octanol–water partition coefficient (Wildman–Crippen LogP) is 1.43. The van der Waals surface area contributed by atoms with Crippen molar-refractivity contribution in [3.8, 4) is 0 Å². The number of H-pyrrole nitrogens is 2. The predicted molar refractivity (Wildman–Crippen MR) is 78.8 cm³/mol. The fraction of sp³-hybridized carbons (Fsp3) is 0.0769. The topological polar surface area (TPSA) is 104 Å². The molecule has 7 heteroatoms. The average molecular weight is 288 g/mol. The Bertz CT molecular complexity index is 830. The van der Waals surface area contributed by atoms with Gasteiger partial charge in [-0.1, -0.05) is 11.3 Å². The third-order valence-electron chi connectivity index (χ3n) is 2.90. The molecule has 1 aromatic carbocycles. The molecule has 0 fully saturated rings. The van der Waals surface area contributed by atoms with Gasteiger partial charge in [0.2, 0.25) is 0 Å². The van der Waals surface area contributed by atoms with E-state index in [9.17, 15) is 9.59 Å². The molecule has 0 spiro atoms. The zero-order valence-electron chi connectivity index (χ0n) is 10.4. The Morgan fingerprint density at radius 3 is 2.90 bits per heavy atom. The number of rotatable bonds is 3. The van der Waals surface area contributed by atoms with E-state index in [1.807, 2.05) is 6.07 Å². The van der Waals surface area contributed by atoms with Crippen LogP contribution in [-0.2, 0) is 6.54 Å². The molecule has 3 aromatic rings. The monoisotopic (exact) mass is 288 g/mol. The van der Waals surface area contributed by atoms with Gasteiger partial charge in [-0.25, -0.2) is 0 Å².